The highest BCUT2D eigenvalue weighted by Gasteiger charge is 2.26. The van der Waals surface area contributed by atoms with Crippen molar-refractivity contribution in [1.82, 2.24) is 0 Å². The highest BCUT2D eigenvalue weighted by atomic mass is 19.1. The molecule has 0 saturated carbocycles. The van der Waals surface area contributed by atoms with Gasteiger partial charge in [-0.3, -0.25) is 9.59 Å². The third kappa shape index (κ3) is 3.22. The van der Waals surface area contributed by atoms with Crippen LogP contribution in [0.3, 0.4) is 0 Å². The topological polar surface area (TPSA) is 58.6 Å². The second kappa shape index (κ2) is 6.70. The van der Waals surface area contributed by atoms with Crippen LogP contribution >= 0.6 is 0 Å². The van der Waals surface area contributed by atoms with Crippen molar-refractivity contribution < 1.29 is 18.7 Å². The molecule has 2 aromatic rings. The van der Waals surface area contributed by atoms with Crippen molar-refractivity contribution in [2.24, 2.45) is 0 Å². The Labute approximate surface area is 139 Å². The van der Waals surface area contributed by atoms with E-state index in [2.05, 4.69) is 5.32 Å². The molecule has 5 nitrogen and oxygen atoms in total. The summed E-state index contributed by atoms with van der Waals surface area (Å²) in [6.45, 7) is -0.00712. The molecule has 0 radical (unpaired) electrons. The van der Waals surface area contributed by atoms with Gasteiger partial charge in [0.1, 0.15) is 6.54 Å². The molecular weight excluding hydrogens is 311 g/mol. The maximum atomic E-state index is 13.7. The SMILES string of the molecule is COc1ccc(CCC(=O)N2CC(=O)Nc3ccccc32)cc1F. The number of aryl methyl sites for hydroxylation is 1. The van der Waals surface area contributed by atoms with Gasteiger partial charge in [0.2, 0.25) is 11.8 Å². The first-order valence-electron chi connectivity index (χ1n) is 7.60. The maximum absolute atomic E-state index is 13.7. The largest absolute Gasteiger partial charge is 0.494 e. The van der Waals surface area contributed by atoms with Crippen LogP contribution in [0.2, 0.25) is 0 Å². The monoisotopic (exact) mass is 328 g/mol. The van der Waals surface area contributed by atoms with E-state index in [-0.39, 0.29) is 30.5 Å². The fraction of sp³-hybridized carbons (Fsp3) is 0.222. The molecule has 0 saturated heterocycles. The van der Waals surface area contributed by atoms with Crippen LogP contribution in [0.15, 0.2) is 42.5 Å². The number of fused-ring (bicyclic) bond motifs is 1. The van der Waals surface area contributed by atoms with Gasteiger partial charge in [-0.05, 0) is 36.2 Å². The summed E-state index contributed by atoms with van der Waals surface area (Å²) in [5.74, 6) is -0.678. The van der Waals surface area contributed by atoms with Gasteiger partial charge in [0.05, 0.1) is 18.5 Å². The Morgan fingerprint density at radius 1 is 1.29 bits per heavy atom. The van der Waals surface area contributed by atoms with Gasteiger partial charge in [-0.25, -0.2) is 4.39 Å². The van der Waals surface area contributed by atoms with Crippen molar-refractivity contribution in [2.75, 3.05) is 23.9 Å². The minimum Gasteiger partial charge on any atom is -0.494 e. The number of halogens is 1. The lowest BCUT2D eigenvalue weighted by molar-refractivity contribution is -0.121. The summed E-state index contributed by atoms with van der Waals surface area (Å²) < 4.78 is 18.6. The number of hydrogen-bond acceptors (Lipinski definition) is 3. The van der Waals surface area contributed by atoms with E-state index in [1.165, 1.54) is 18.1 Å². The number of nitrogens with zero attached hydrogens (tertiary/aromatic N) is 1. The Bertz CT molecular complexity index is 792. The quantitative estimate of drug-likeness (QED) is 0.939. The summed E-state index contributed by atoms with van der Waals surface area (Å²) in [5, 5.41) is 2.74. The predicted molar refractivity (Wildman–Crippen MR) is 88.7 cm³/mol. The number of benzene rings is 2. The van der Waals surface area contributed by atoms with Crippen LogP contribution in [0.5, 0.6) is 5.75 Å². The van der Waals surface area contributed by atoms with Crippen molar-refractivity contribution in [3.8, 4) is 5.75 Å². The van der Waals surface area contributed by atoms with Gasteiger partial charge in [0, 0.05) is 6.42 Å². The molecule has 2 amide bonds. The molecule has 1 aliphatic rings. The molecule has 0 bridgehead atoms. The Morgan fingerprint density at radius 3 is 2.83 bits per heavy atom. The Balaban J connectivity index is 1.71. The molecule has 2 aromatic carbocycles. The van der Waals surface area contributed by atoms with Gasteiger partial charge in [-0.15, -0.1) is 0 Å². The van der Waals surface area contributed by atoms with Crippen molar-refractivity contribution in [2.45, 2.75) is 12.8 Å². The van der Waals surface area contributed by atoms with E-state index in [1.54, 1.807) is 30.3 Å². The number of nitrogens with one attached hydrogen (secondary N) is 1. The average Bonchev–Trinajstić information content (AvgIpc) is 2.59. The summed E-state index contributed by atoms with van der Waals surface area (Å²) in [4.78, 5) is 25.7. The Hall–Kier alpha value is -2.89. The third-order valence-electron chi connectivity index (χ3n) is 3.92. The molecule has 0 spiro atoms. The number of rotatable bonds is 4. The number of para-hydroxylation sites is 2. The van der Waals surface area contributed by atoms with Crippen LogP contribution in [-0.4, -0.2) is 25.5 Å². The maximum Gasteiger partial charge on any atom is 0.244 e. The number of anilines is 2. The predicted octanol–water partition coefficient (Wildman–Crippen LogP) is 2.75. The first-order chi connectivity index (χ1) is 11.6. The highest BCUT2D eigenvalue weighted by Crippen LogP contribution is 2.29. The van der Waals surface area contributed by atoms with E-state index in [9.17, 15) is 14.0 Å². The number of methoxy groups -OCH3 is 1. The molecule has 0 unspecified atom stereocenters. The molecule has 124 valence electrons. The molecule has 24 heavy (non-hydrogen) atoms. The first-order valence-corrected chi connectivity index (χ1v) is 7.60. The molecule has 3 rings (SSSR count). The van der Waals surface area contributed by atoms with Crippen LogP contribution in [0.25, 0.3) is 0 Å². The van der Waals surface area contributed by atoms with E-state index in [4.69, 9.17) is 4.74 Å². The second-order valence-corrected chi connectivity index (χ2v) is 5.51. The van der Waals surface area contributed by atoms with Gasteiger partial charge in [-0.1, -0.05) is 18.2 Å². The normalized spacial score (nSPS) is 13.2. The molecule has 1 aliphatic heterocycles. The molecule has 0 aromatic heterocycles. The molecule has 1 N–H and O–H groups in total. The zero-order valence-corrected chi connectivity index (χ0v) is 13.2. The summed E-state index contributed by atoms with van der Waals surface area (Å²) >= 11 is 0. The van der Waals surface area contributed by atoms with Crippen molar-refractivity contribution in [3.05, 3.63) is 53.8 Å². The second-order valence-electron chi connectivity index (χ2n) is 5.51. The van der Waals surface area contributed by atoms with Crippen LogP contribution < -0.4 is 15.0 Å². The zero-order valence-electron chi connectivity index (χ0n) is 13.2. The van der Waals surface area contributed by atoms with Crippen molar-refractivity contribution in [1.29, 1.82) is 0 Å². The van der Waals surface area contributed by atoms with Crippen LogP contribution in [0.1, 0.15) is 12.0 Å². The van der Waals surface area contributed by atoms with Crippen LogP contribution in [0, 0.1) is 5.82 Å². The van der Waals surface area contributed by atoms with Crippen LogP contribution in [0.4, 0.5) is 15.8 Å². The molecule has 1 heterocycles. The number of ether oxygens (including phenoxy) is 1. The van der Waals surface area contributed by atoms with Gasteiger partial charge in [0.25, 0.3) is 0 Å². The van der Waals surface area contributed by atoms with Crippen molar-refractivity contribution >= 4 is 23.2 Å². The van der Waals surface area contributed by atoms with Gasteiger partial charge < -0.3 is 15.0 Å². The lowest BCUT2D eigenvalue weighted by atomic mass is 10.1. The lowest BCUT2D eigenvalue weighted by Crippen LogP contribution is -2.42. The molecular formula is C18H17FN2O3. The summed E-state index contributed by atoms with van der Waals surface area (Å²) in [6.07, 6.45) is 0.577. The smallest absolute Gasteiger partial charge is 0.244 e. The zero-order chi connectivity index (χ0) is 17.1. The highest BCUT2D eigenvalue weighted by molar-refractivity contribution is 6.09. The number of carbonyl (C=O) groups excluding carboxylic acids is 2. The number of amides is 2. The Kier molecular flexibility index (Phi) is 4.46. The number of carbonyl (C=O) groups is 2. The summed E-state index contributed by atoms with van der Waals surface area (Å²) in [6, 6.07) is 11.8. The van der Waals surface area contributed by atoms with Gasteiger partial charge >= 0.3 is 0 Å². The summed E-state index contributed by atoms with van der Waals surface area (Å²) in [7, 11) is 1.40. The minimum absolute atomic E-state index is 0.00712. The van der Waals surface area contributed by atoms with Crippen molar-refractivity contribution in [3.63, 3.8) is 0 Å². The molecule has 0 atom stereocenters. The van der Waals surface area contributed by atoms with E-state index >= 15 is 0 Å². The van der Waals surface area contributed by atoms with E-state index in [0.717, 1.165) is 0 Å². The average molecular weight is 328 g/mol. The first kappa shape index (κ1) is 16.0. The molecule has 6 heteroatoms. The fourth-order valence-electron chi connectivity index (χ4n) is 2.71. The standard InChI is InChI=1S/C18H17FN2O3/c1-24-16-8-6-12(10-13(16)19)7-9-18(23)21-11-17(22)20-14-4-2-3-5-15(14)21/h2-6,8,10H,7,9,11H2,1H3,(H,20,22). The third-order valence-corrected chi connectivity index (χ3v) is 3.92. The molecule has 0 fully saturated rings. The minimum atomic E-state index is -0.454. The van der Waals surface area contributed by atoms with Gasteiger partial charge in [0.15, 0.2) is 11.6 Å². The number of hydrogen-bond donors (Lipinski definition) is 1. The van der Waals surface area contributed by atoms with Crippen LogP contribution in [-0.2, 0) is 16.0 Å². The lowest BCUT2D eigenvalue weighted by Gasteiger charge is -2.29. The van der Waals surface area contributed by atoms with E-state index in [1.807, 2.05) is 6.07 Å². The molecule has 0 aliphatic carbocycles. The Morgan fingerprint density at radius 2 is 2.08 bits per heavy atom. The van der Waals surface area contributed by atoms with E-state index < -0.39 is 5.82 Å². The summed E-state index contributed by atoms with van der Waals surface area (Å²) in [5.41, 5.74) is 2.01. The fourth-order valence-corrected chi connectivity index (χ4v) is 2.71. The van der Waals surface area contributed by atoms with Gasteiger partial charge in [-0.2, -0.15) is 0 Å². The van der Waals surface area contributed by atoms with E-state index in [0.29, 0.717) is 23.4 Å².